The van der Waals surface area contributed by atoms with Crippen LogP contribution < -0.4 is 0 Å². The van der Waals surface area contributed by atoms with E-state index >= 15 is 0 Å². The van der Waals surface area contributed by atoms with Crippen LogP contribution in [0.2, 0.25) is 0 Å². The summed E-state index contributed by atoms with van der Waals surface area (Å²) in [6.07, 6.45) is 41.9. The zero-order valence-electron chi connectivity index (χ0n) is 28.9. The minimum absolute atomic E-state index is 0.519. The molecular formula is C41H74O. The van der Waals surface area contributed by atoms with Crippen LogP contribution >= 0.6 is 0 Å². The second-order valence-corrected chi connectivity index (χ2v) is 15.1. The highest BCUT2D eigenvalue weighted by Crippen LogP contribution is 2.44. The van der Waals surface area contributed by atoms with Crippen molar-refractivity contribution >= 4 is 5.78 Å². The first-order chi connectivity index (χ1) is 20.4. The smallest absolute Gasteiger partial charge is 0.132 e. The van der Waals surface area contributed by atoms with Crippen LogP contribution in [0.3, 0.4) is 0 Å². The van der Waals surface area contributed by atoms with Crippen LogP contribution in [0.1, 0.15) is 219 Å². The summed E-state index contributed by atoms with van der Waals surface area (Å²) in [5, 5.41) is 0. The third kappa shape index (κ3) is 16.3. The van der Waals surface area contributed by atoms with Gasteiger partial charge in [0.15, 0.2) is 0 Å². The average molecular weight is 583 g/mol. The maximum absolute atomic E-state index is 12.4. The normalized spacial score (nSPS) is 18.1. The molecule has 0 aromatic rings. The Labute approximate surface area is 264 Å². The first kappa shape index (κ1) is 37.3. The van der Waals surface area contributed by atoms with E-state index in [2.05, 4.69) is 27.0 Å². The summed E-state index contributed by atoms with van der Waals surface area (Å²) >= 11 is 0. The molecular weight excluding hydrogens is 508 g/mol. The third-order valence-corrected chi connectivity index (χ3v) is 11.8. The molecule has 0 aromatic heterocycles. The van der Waals surface area contributed by atoms with Gasteiger partial charge in [-0.1, -0.05) is 128 Å². The fourth-order valence-electron chi connectivity index (χ4n) is 8.42. The van der Waals surface area contributed by atoms with Crippen LogP contribution in [-0.4, -0.2) is 5.78 Å². The second-order valence-electron chi connectivity index (χ2n) is 15.1. The molecule has 2 aliphatic rings. The largest absolute Gasteiger partial charge is 0.300 e. The van der Waals surface area contributed by atoms with E-state index in [0.717, 1.165) is 25.7 Å². The van der Waals surface area contributed by atoms with Crippen molar-refractivity contribution < 1.29 is 4.79 Å². The summed E-state index contributed by atoms with van der Waals surface area (Å²) in [5.41, 5.74) is 4.22. The van der Waals surface area contributed by atoms with Crippen molar-refractivity contribution in [2.24, 2.45) is 10.8 Å². The summed E-state index contributed by atoms with van der Waals surface area (Å²) in [5.74, 6) is 0.519. The number of allylic oxidation sites excluding steroid dienone is 2. The highest BCUT2D eigenvalue weighted by atomic mass is 16.1. The highest BCUT2D eigenvalue weighted by Gasteiger charge is 2.30. The van der Waals surface area contributed by atoms with E-state index in [4.69, 9.17) is 0 Å². The number of Topliss-reactive ketones (excluding diaryl/α,β-unsaturated/α-hetero) is 1. The number of ketones is 1. The van der Waals surface area contributed by atoms with Crippen molar-refractivity contribution in [1.29, 1.82) is 0 Å². The van der Waals surface area contributed by atoms with Crippen LogP contribution in [0.4, 0.5) is 0 Å². The van der Waals surface area contributed by atoms with Crippen LogP contribution in [0.25, 0.3) is 0 Å². The fourth-order valence-corrected chi connectivity index (χ4v) is 8.42. The molecule has 244 valence electrons. The predicted octanol–water partition coefficient (Wildman–Crippen LogP) is 14.2. The molecule has 0 saturated heterocycles. The van der Waals surface area contributed by atoms with Gasteiger partial charge in [0.1, 0.15) is 5.78 Å². The maximum Gasteiger partial charge on any atom is 0.132 e. The lowest BCUT2D eigenvalue weighted by molar-refractivity contribution is -0.119. The van der Waals surface area contributed by atoms with Gasteiger partial charge in [-0.3, -0.25) is 4.79 Å². The van der Waals surface area contributed by atoms with E-state index in [0.29, 0.717) is 16.6 Å². The van der Waals surface area contributed by atoms with E-state index in [1.807, 2.05) is 0 Å². The van der Waals surface area contributed by atoms with Crippen LogP contribution in [-0.2, 0) is 4.79 Å². The molecule has 0 unspecified atom stereocenters. The van der Waals surface area contributed by atoms with E-state index in [1.165, 1.54) is 191 Å². The molecule has 2 fully saturated rings. The van der Waals surface area contributed by atoms with Gasteiger partial charge in [-0.25, -0.2) is 0 Å². The van der Waals surface area contributed by atoms with Crippen LogP contribution in [0, 0.1) is 10.8 Å². The molecule has 0 atom stereocenters. The van der Waals surface area contributed by atoms with Gasteiger partial charge in [-0.2, -0.15) is 0 Å². The topological polar surface area (TPSA) is 17.1 Å². The number of unbranched alkanes of at least 4 members (excludes halogenated alkanes) is 8. The number of carbonyl (C=O) groups is 1. The van der Waals surface area contributed by atoms with E-state index in [9.17, 15) is 4.79 Å². The monoisotopic (exact) mass is 583 g/mol. The lowest BCUT2D eigenvalue weighted by atomic mass is 9.69. The van der Waals surface area contributed by atoms with Gasteiger partial charge in [0.05, 0.1) is 0 Å². The molecule has 0 heterocycles. The Hall–Kier alpha value is -0.850. The van der Waals surface area contributed by atoms with Crippen molar-refractivity contribution in [2.45, 2.75) is 219 Å². The Morgan fingerprint density at radius 3 is 1.17 bits per heavy atom. The minimum Gasteiger partial charge on any atom is -0.300 e. The molecule has 1 nitrogen and oxygen atoms in total. The quantitative estimate of drug-likeness (QED) is 0.0732. The summed E-state index contributed by atoms with van der Waals surface area (Å²) in [6.45, 7) is 13.5. The Balaban J connectivity index is 1.33. The fraction of sp³-hybridized carbons (Fsp3) is 0.878. The highest BCUT2D eigenvalue weighted by molar-refractivity contribution is 5.78. The summed E-state index contributed by atoms with van der Waals surface area (Å²) in [6, 6.07) is 0. The van der Waals surface area contributed by atoms with Crippen LogP contribution in [0.5, 0.6) is 0 Å². The van der Waals surface area contributed by atoms with Crippen molar-refractivity contribution in [3.63, 3.8) is 0 Å². The molecule has 0 amide bonds. The number of hydrogen-bond donors (Lipinski definition) is 0. The number of hydrogen-bond acceptors (Lipinski definition) is 1. The molecule has 1 heteroatoms. The van der Waals surface area contributed by atoms with Gasteiger partial charge in [-0.05, 0) is 114 Å². The number of carbonyl (C=O) groups excluding carboxylic acids is 1. The zero-order chi connectivity index (χ0) is 30.4. The van der Waals surface area contributed by atoms with Crippen molar-refractivity contribution in [1.82, 2.24) is 0 Å². The Bertz CT molecular complexity index is 657. The number of rotatable bonds is 26. The van der Waals surface area contributed by atoms with Crippen LogP contribution in [0.15, 0.2) is 24.3 Å². The molecule has 0 spiro atoms. The molecule has 0 bridgehead atoms. The predicted molar refractivity (Wildman–Crippen MR) is 187 cm³/mol. The summed E-state index contributed by atoms with van der Waals surface area (Å²) in [7, 11) is 0. The molecule has 0 aromatic carbocycles. The minimum atomic E-state index is 0.519. The first-order valence-corrected chi connectivity index (χ1v) is 19.3. The van der Waals surface area contributed by atoms with Gasteiger partial charge in [0.2, 0.25) is 0 Å². The zero-order valence-corrected chi connectivity index (χ0v) is 28.9. The maximum atomic E-state index is 12.4. The van der Waals surface area contributed by atoms with Crippen molar-refractivity contribution in [2.75, 3.05) is 0 Å². The molecule has 2 aliphatic carbocycles. The molecule has 2 rings (SSSR count). The Morgan fingerprint density at radius 2 is 0.762 bits per heavy atom. The van der Waals surface area contributed by atoms with E-state index in [1.54, 1.807) is 0 Å². The average Bonchev–Trinajstić information content (AvgIpc) is 3.01. The van der Waals surface area contributed by atoms with Gasteiger partial charge >= 0.3 is 0 Å². The molecule has 42 heavy (non-hydrogen) atoms. The second kappa shape index (κ2) is 22.6. The SMILES string of the molecule is C=C(CCCCCCCC(=C)CCCC1(CC)CCCCC1)CCCCCCCC(=O)CCCC1(CC)CCCCC1. The van der Waals surface area contributed by atoms with E-state index < -0.39 is 0 Å². The third-order valence-electron chi connectivity index (χ3n) is 11.8. The molecule has 0 N–H and O–H groups in total. The van der Waals surface area contributed by atoms with Crippen molar-refractivity contribution in [3.8, 4) is 0 Å². The molecule has 0 radical (unpaired) electrons. The molecule has 2 saturated carbocycles. The lowest BCUT2D eigenvalue weighted by Crippen LogP contribution is -2.23. The Morgan fingerprint density at radius 1 is 0.452 bits per heavy atom. The lowest BCUT2D eigenvalue weighted by Gasteiger charge is -2.36. The first-order valence-electron chi connectivity index (χ1n) is 19.3. The summed E-state index contributed by atoms with van der Waals surface area (Å²) in [4.78, 5) is 12.4. The molecule has 0 aliphatic heterocycles. The summed E-state index contributed by atoms with van der Waals surface area (Å²) < 4.78 is 0. The van der Waals surface area contributed by atoms with Gasteiger partial charge in [0.25, 0.3) is 0 Å². The van der Waals surface area contributed by atoms with Gasteiger partial charge < -0.3 is 0 Å². The Kier molecular flexibility index (Phi) is 20.1. The van der Waals surface area contributed by atoms with Crippen molar-refractivity contribution in [3.05, 3.63) is 24.3 Å². The van der Waals surface area contributed by atoms with Gasteiger partial charge in [0, 0.05) is 12.8 Å². The standard InChI is InChI=1S/C41H74O/c1-5-40(31-19-13-20-32-40)35-23-28-38(4)27-17-10-7-9-15-25-37(3)26-16-11-8-12-18-29-39(42)30-24-36-41(6-2)33-21-14-22-34-41/h3-36H2,1-2H3. The van der Waals surface area contributed by atoms with Gasteiger partial charge in [-0.15, -0.1) is 0 Å². The van der Waals surface area contributed by atoms with E-state index in [-0.39, 0.29) is 0 Å².